The number of hydrogen-bond acceptors (Lipinski definition) is 8. The molecule has 2 aliphatic rings. The van der Waals surface area contributed by atoms with Crippen LogP contribution in [-0.4, -0.2) is 94.1 Å². The van der Waals surface area contributed by atoms with E-state index in [2.05, 4.69) is 66.0 Å². The van der Waals surface area contributed by atoms with E-state index in [0.717, 1.165) is 51.4 Å². The summed E-state index contributed by atoms with van der Waals surface area (Å²) in [4.78, 5) is 54.7. The first-order chi connectivity index (χ1) is 19.3. The molecule has 0 unspecified atom stereocenters. The van der Waals surface area contributed by atoms with Gasteiger partial charge in [-0.05, 0) is 108 Å². The highest BCUT2D eigenvalue weighted by Gasteiger charge is 2.43. The van der Waals surface area contributed by atoms with Crippen LogP contribution < -0.4 is 10.6 Å². The number of rotatable bonds is 11. The Hall–Kier alpha value is -2.20. The third-order valence-corrected chi connectivity index (χ3v) is 8.19. The molecule has 2 aliphatic heterocycles. The fourth-order valence-corrected chi connectivity index (χ4v) is 7.42. The van der Waals surface area contributed by atoms with Gasteiger partial charge in [-0.1, -0.05) is 12.8 Å². The maximum absolute atomic E-state index is 13.2. The summed E-state index contributed by atoms with van der Waals surface area (Å²) in [6.07, 6.45) is 6.10. The van der Waals surface area contributed by atoms with Crippen molar-refractivity contribution < 1.29 is 28.7 Å². The minimum absolute atomic E-state index is 0.0718. The van der Waals surface area contributed by atoms with Crippen molar-refractivity contribution in [2.24, 2.45) is 0 Å². The SMILES string of the molecule is CCOC(=O)C(=O)N(CCCCCCN(C(=O)C(=O)OCC)C1CC(C)(C)NC(C)(C)C1)C1CC(C)(C)NC(C)(C)C1. The molecule has 2 saturated heterocycles. The molecule has 0 saturated carbocycles. The van der Waals surface area contributed by atoms with Crippen LogP contribution in [-0.2, 0) is 28.7 Å². The highest BCUT2D eigenvalue weighted by Crippen LogP contribution is 2.33. The molecule has 2 amide bonds. The highest BCUT2D eigenvalue weighted by atomic mass is 16.5. The second-order valence-corrected chi connectivity index (χ2v) is 14.8. The monoisotopic (exact) mass is 594 g/mol. The Morgan fingerprint density at radius 2 is 0.857 bits per heavy atom. The molecule has 0 aromatic carbocycles. The van der Waals surface area contributed by atoms with Crippen LogP contribution in [0.25, 0.3) is 0 Å². The van der Waals surface area contributed by atoms with Gasteiger partial charge in [-0.2, -0.15) is 0 Å². The lowest BCUT2D eigenvalue weighted by atomic mass is 9.79. The number of hydrogen-bond donors (Lipinski definition) is 2. The number of carbonyl (C=O) groups is 4. The van der Waals surface area contributed by atoms with E-state index in [0.29, 0.717) is 13.1 Å². The fraction of sp³-hybridized carbons (Fsp3) is 0.875. The standard InChI is InChI=1S/C32H58N4O6/c1-11-41-27(39)25(37)35(23-19-29(3,4)33-30(5,6)20-23)17-15-13-14-16-18-36(26(38)28(40)42-12-2)24-21-31(7,8)34-32(9,10)22-24/h23-24,33-34H,11-22H2,1-10H3. The summed E-state index contributed by atoms with van der Waals surface area (Å²) >= 11 is 0. The predicted octanol–water partition coefficient (Wildman–Crippen LogP) is 3.95. The van der Waals surface area contributed by atoms with Gasteiger partial charge in [-0.15, -0.1) is 0 Å². The number of esters is 2. The van der Waals surface area contributed by atoms with Crippen LogP contribution in [0.15, 0.2) is 0 Å². The minimum atomic E-state index is -0.799. The van der Waals surface area contributed by atoms with Crippen molar-refractivity contribution in [1.29, 1.82) is 0 Å². The lowest BCUT2D eigenvalue weighted by molar-refractivity contribution is -0.162. The zero-order valence-corrected chi connectivity index (χ0v) is 28.0. The van der Waals surface area contributed by atoms with E-state index < -0.39 is 23.8 Å². The maximum atomic E-state index is 13.2. The Morgan fingerprint density at radius 1 is 0.571 bits per heavy atom. The first-order valence-corrected chi connectivity index (χ1v) is 15.9. The van der Waals surface area contributed by atoms with Gasteiger partial charge in [0.2, 0.25) is 0 Å². The fourth-order valence-electron chi connectivity index (χ4n) is 7.42. The first kappa shape index (κ1) is 36.0. The summed E-state index contributed by atoms with van der Waals surface area (Å²) in [7, 11) is 0. The second kappa shape index (κ2) is 14.5. The van der Waals surface area contributed by atoms with Crippen molar-refractivity contribution in [3.05, 3.63) is 0 Å². The Balaban J connectivity index is 2.05. The quantitative estimate of drug-likeness (QED) is 0.210. The molecule has 0 aromatic rings. The molecular weight excluding hydrogens is 536 g/mol. The number of unbranched alkanes of at least 4 members (excludes halogenated alkanes) is 3. The molecular formula is C32H58N4O6. The van der Waals surface area contributed by atoms with E-state index in [9.17, 15) is 19.2 Å². The summed E-state index contributed by atoms with van der Waals surface area (Å²) in [5.74, 6) is -2.74. The van der Waals surface area contributed by atoms with Gasteiger partial charge >= 0.3 is 23.8 Å². The number of carbonyl (C=O) groups excluding carboxylic acids is 4. The lowest BCUT2D eigenvalue weighted by Gasteiger charge is -2.49. The van der Waals surface area contributed by atoms with Gasteiger partial charge in [0.1, 0.15) is 0 Å². The van der Waals surface area contributed by atoms with Crippen LogP contribution in [0.2, 0.25) is 0 Å². The van der Waals surface area contributed by atoms with E-state index >= 15 is 0 Å². The van der Waals surface area contributed by atoms with Crippen LogP contribution in [0.4, 0.5) is 0 Å². The van der Waals surface area contributed by atoms with Gasteiger partial charge < -0.3 is 29.9 Å². The number of ether oxygens (including phenoxy) is 2. The van der Waals surface area contributed by atoms with Crippen LogP contribution in [0.5, 0.6) is 0 Å². The largest absolute Gasteiger partial charge is 0.459 e. The van der Waals surface area contributed by atoms with Crippen LogP contribution >= 0.6 is 0 Å². The van der Waals surface area contributed by atoms with Gasteiger partial charge in [0.25, 0.3) is 0 Å². The zero-order valence-electron chi connectivity index (χ0n) is 28.0. The van der Waals surface area contributed by atoms with Gasteiger partial charge in [-0.3, -0.25) is 9.59 Å². The molecule has 10 heteroatoms. The molecule has 10 nitrogen and oxygen atoms in total. The average molecular weight is 595 g/mol. The third kappa shape index (κ3) is 10.8. The summed E-state index contributed by atoms with van der Waals surface area (Å²) in [5, 5.41) is 7.29. The lowest BCUT2D eigenvalue weighted by Crippen LogP contribution is -2.63. The molecule has 2 rings (SSSR count). The topological polar surface area (TPSA) is 117 Å². The number of nitrogens with zero attached hydrogens (tertiary/aromatic N) is 2. The zero-order chi connectivity index (χ0) is 31.9. The number of amides is 2. The summed E-state index contributed by atoms with van der Waals surface area (Å²) in [5.41, 5.74) is -0.697. The van der Waals surface area contributed by atoms with Crippen molar-refractivity contribution in [3.63, 3.8) is 0 Å². The molecule has 0 aromatic heterocycles. The molecule has 42 heavy (non-hydrogen) atoms. The van der Waals surface area contributed by atoms with E-state index in [4.69, 9.17) is 9.47 Å². The van der Waals surface area contributed by atoms with Gasteiger partial charge in [-0.25, -0.2) is 9.59 Å². The van der Waals surface area contributed by atoms with E-state index in [1.807, 2.05) is 0 Å². The number of nitrogens with one attached hydrogen (secondary N) is 2. The Kier molecular flexibility index (Phi) is 12.4. The maximum Gasteiger partial charge on any atom is 0.397 e. The Morgan fingerprint density at radius 3 is 1.12 bits per heavy atom. The van der Waals surface area contributed by atoms with Gasteiger partial charge in [0.15, 0.2) is 0 Å². The molecule has 2 fully saturated rings. The first-order valence-electron chi connectivity index (χ1n) is 15.9. The number of piperidine rings is 2. The van der Waals surface area contributed by atoms with Crippen molar-refractivity contribution in [2.45, 2.75) is 155 Å². The van der Waals surface area contributed by atoms with E-state index in [-0.39, 0.29) is 47.5 Å². The molecule has 0 radical (unpaired) electrons. The van der Waals surface area contributed by atoms with Crippen molar-refractivity contribution in [1.82, 2.24) is 20.4 Å². The van der Waals surface area contributed by atoms with Crippen LogP contribution in [0.1, 0.15) is 121 Å². The molecule has 0 bridgehead atoms. The van der Waals surface area contributed by atoms with Gasteiger partial charge in [0.05, 0.1) is 13.2 Å². The summed E-state index contributed by atoms with van der Waals surface area (Å²) in [6.45, 7) is 21.7. The molecule has 2 heterocycles. The van der Waals surface area contributed by atoms with Crippen molar-refractivity contribution in [3.8, 4) is 0 Å². The van der Waals surface area contributed by atoms with Gasteiger partial charge in [0, 0.05) is 47.3 Å². The molecule has 0 atom stereocenters. The van der Waals surface area contributed by atoms with Crippen LogP contribution in [0, 0.1) is 0 Å². The third-order valence-electron chi connectivity index (χ3n) is 8.19. The second-order valence-electron chi connectivity index (χ2n) is 14.8. The van der Waals surface area contributed by atoms with E-state index in [1.54, 1.807) is 23.6 Å². The predicted molar refractivity (Wildman–Crippen MR) is 164 cm³/mol. The molecule has 2 N–H and O–H groups in total. The average Bonchev–Trinajstić information content (AvgIpc) is 2.81. The normalized spacial score (nSPS) is 21.3. The summed E-state index contributed by atoms with van der Waals surface area (Å²) < 4.78 is 10.1. The molecule has 0 aliphatic carbocycles. The molecule has 242 valence electrons. The Labute approximate surface area is 254 Å². The minimum Gasteiger partial charge on any atom is -0.459 e. The summed E-state index contributed by atoms with van der Waals surface area (Å²) in [6, 6.07) is -0.144. The smallest absolute Gasteiger partial charge is 0.397 e. The molecule has 0 spiro atoms. The highest BCUT2D eigenvalue weighted by molar-refractivity contribution is 6.32. The van der Waals surface area contributed by atoms with Crippen molar-refractivity contribution >= 4 is 23.8 Å². The van der Waals surface area contributed by atoms with Crippen molar-refractivity contribution in [2.75, 3.05) is 26.3 Å². The van der Waals surface area contributed by atoms with Crippen LogP contribution in [0.3, 0.4) is 0 Å². The van der Waals surface area contributed by atoms with E-state index in [1.165, 1.54) is 0 Å². The Bertz CT molecular complexity index is 853.